The summed E-state index contributed by atoms with van der Waals surface area (Å²) in [6.07, 6.45) is 2.41. The van der Waals surface area contributed by atoms with Crippen molar-refractivity contribution in [3.05, 3.63) is 72.4 Å². The van der Waals surface area contributed by atoms with Crippen molar-refractivity contribution in [2.24, 2.45) is 7.05 Å². The predicted molar refractivity (Wildman–Crippen MR) is 122 cm³/mol. The summed E-state index contributed by atoms with van der Waals surface area (Å²) in [5.74, 6) is -0.211. The van der Waals surface area contributed by atoms with E-state index in [1.54, 1.807) is 45.5 Å². The van der Waals surface area contributed by atoms with Crippen LogP contribution in [0.1, 0.15) is 28.8 Å². The number of hydrogen-bond donors (Lipinski definition) is 1. The Morgan fingerprint density at radius 3 is 2.54 bits per heavy atom. The zero-order chi connectivity index (χ0) is 24.4. The van der Waals surface area contributed by atoms with Crippen molar-refractivity contribution in [1.29, 1.82) is 0 Å². The van der Waals surface area contributed by atoms with Crippen LogP contribution in [-0.2, 0) is 18.8 Å². The molecule has 0 saturated heterocycles. The van der Waals surface area contributed by atoms with Gasteiger partial charge in [0.25, 0.3) is 5.91 Å². The van der Waals surface area contributed by atoms with Crippen molar-refractivity contribution < 1.29 is 18.0 Å². The molecule has 0 atom stereocenters. The van der Waals surface area contributed by atoms with Crippen LogP contribution in [0.5, 0.6) is 0 Å². The molecule has 3 aromatic heterocycles. The highest BCUT2D eigenvalue weighted by atomic mass is 19.4. The molecule has 1 N–H and O–H groups in total. The Bertz CT molecular complexity index is 1560. The summed E-state index contributed by atoms with van der Waals surface area (Å²) in [6.45, 7) is 0.447. The molecule has 8 nitrogen and oxygen atoms in total. The summed E-state index contributed by atoms with van der Waals surface area (Å²) in [5.41, 5.74) is 1.45. The number of fused-ring (bicyclic) bond motifs is 3. The van der Waals surface area contributed by atoms with Gasteiger partial charge in [-0.25, -0.2) is 9.67 Å². The molecule has 1 saturated carbocycles. The number of amides is 1. The van der Waals surface area contributed by atoms with Crippen LogP contribution in [0, 0.1) is 0 Å². The van der Waals surface area contributed by atoms with E-state index in [1.165, 1.54) is 18.5 Å². The highest BCUT2D eigenvalue weighted by Crippen LogP contribution is 2.42. The van der Waals surface area contributed by atoms with Gasteiger partial charge < -0.3 is 5.32 Å². The molecule has 35 heavy (non-hydrogen) atoms. The van der Waals surface area contributed by atoms with Crippen molar-refractivity contribution in [3.8, 4) is 5.69 Å². The molecule has 6 rings (SSSR count). The van der Waals surface area contributed by atoms with Gasteiger partial charge in [-0.1, -0.05) is 0 Å². The largest absolute Gasteiger partial charge is 0.416 e. The molecule has 2 aromatic carbocycles. The van der Waals surface area contributed by atoms with E-state index in [-0.39, 0.29) is 11.4 Å². The maximum atomic E-state index is 13.0. The molecule has 178 valence electrons. The van der Waals surface area contributed by atoms with E-state index in [9.17, 15) is 18.0 Å². The second-order valence-corrected chi connectivity index (χ2v) is 8.90. The van der Waals surface area contributed by atoms with Gasteiger partial charge >= 0.3 is 6.18 Å². The zero-order valence-corrected chi connectivity index (χ0v) is 18.6. The van der Waals surface area contributed by atoms with Crippen LogP contribution in [0.25, 0.3) is 27.6 Å². The van der Waals surface area contributed by atoms with Crippen molar-refractivity contribution >= 4 is 27.8 Å². The van der Waals surface area contributed by atoms with Crippen LogP contribution in [0.3, 0.4) is 0 Å². The topological polar surface area (TPSA) is 82.6 Å². The Morgan fingerprint density at radius 2 is 1.89 bits per heavy atom. The van der Waals surface area contributed by atoms with Crippen molar-refractivity contribution in [1.82, 2.24) is 34.4 Å². The number of rotatable bonds is 5. The average molecular weight is 479 g/mol. The molecular weight excluding hydrogens is 459 g/mol. The molecule has 3 heterocycles. The van der Waals surface area contributed by atoms with Gasteiger partial charge in [0, 0.05) is 41.8 Å². The normalized spacial score (nSPS) is 15.1. The average Bonchev–Trinajstić information content (AvgIpc) is 3.15. The van der Waals surface area contributed by atoms with Gasteiger partial charge in [-0.2, -0.15) is 23.4 Å². The lowest BCUT2D eigenvalue weighted by atomic mass is 10.1. The van der Waals surface area contributed by atoms with Crippen LogP contribution in [-0.4, -0.2) is 41.6 Å². The van der Waals surface area contributed by atoms with E-state index in [0.717, 1.165) is 41.3 Å². The van der Waals surface area contributed by atoms with E-state index in [1.807, 2.05) is 6.20 Å². The third-order valence-electron chi connectivity index (χ3n) is 6.57. The maximum Gasteiger partial charge on any atom is 0.416 e. The molecule has 0 radical (unpaired) electrons. The highest BCUT2D eigenvalue weighted by Gasteiger charge is 2.45. The summed E-state index contributed by atoms with van der Waals surface area (Å²) in [5, 5.41) is 13.3. The molecule has 1 aliphatic carbocycles. The number of hydrogen-bond acceptors (Lipinski definition) is 4. The summed E-state index contributed by atoms with van der Waals surface area (Å²) in [6, 6.07) is 10.3. The van der Waals surface area contributed by atoms with Crippen molar-refractivity contribution in [2.75, 3.05) is 6.54 Å². The van der Waals surface area contributed by atoms with Gasteiger partial charge in [-0.3, -0.25) is 14.0 Å². The first-order valence-electron chi connectivity index (χ1n) is 11.0. The third kappa shape index (κ3) is 3.54. The van der Waals surface area contributed by atoms with E-state index >= 15 is 0 Å². The molecular formula is C24H20F3N7O. The number of aromatic nitrogens is 6. The van der Waals surface area contributed by atoms with Gasteiger partial charge in [0.1, 0.15) is 12.7 Å². The molecule has 1 aliphatic rings. The van der Waals surface area contributed by atoms with Gasteiger partial charge in [0.2, 0.25) is 0 Å². The summed E-state index contributed by atoms with van der Waals surface area (Å²) in [7, 11) is 1.78. The third-order valence-corrected chi connectivity index (χ3v) is 6.57. The summed E-state index contributed by atoms with van der Waals surface area (Å²) < 4.78 is 44.4. The predicted octanol–water partition coefficient (Wildman–Crippen LogP) is 4.05. The number of benzene rings is 2. The van der Waals surface area contributed by atoms with Crippen molar-refractivity contribution in [2.45, 2.75) is 24.6 Å². The molecule has 0 bridgehead atoms. The number of alkyl halides is 3. The minimum Gasteiger partial charge on any atom is -0.350 e. The van der Waals surface area contributed by atoms with Crippen LogP contribution in [0.4, 0.5) is 13.2 Å². The van der Waals surface area contributed by atoms with Gasteiger partial charge in [0.05, 0.1) is 16.6 Å². The Kier molecular flexibility index (Phi) is 4.54. The number of nitrogens with zero attached hydrogens (tertiary/aromatic N) is 6. The Hall–Kier alpha value is -4.15. The fourth-order valence-corrected chi connectivity index (χ4v) is 4.53. The standard InChI is InChI=1S/C24H20F3N7O/c1-32-11-19-18-10-15(22(35)29-12-23(8-9-23)33-14-28-13-30-33)2-7-20(18)34(21(19)31-32)17-5-3-16(4-6-17)24(25,26)27/h2-7,10-11,13-14H,8-9,12H2,1H3,(H,29,35). The molecule has 1 fully saturated rings. The lowest BCUT2D eigenvalue weighted by molar-refractivity contribution is -0.137. The summed E-state index contributed by atoms with van der Waals surface area (Å²) >= 11 is 0. The number of nitrogens with one attached hydrogen (secondary N) is 1. The molecule has 1 amide bonds. The number of carbonyl (C=O) groups is 1. The first-order chi connectivity index (χ1) is 16.7. The van der Waals surface area contributed by atoms with E-state index < -0.39 is 11.7 Å². The fraction of sp³-hybridized carbons (Fsp3) is 0.250. The van der Waals surface area contributed by atoms with Crippen LogP contribution in [0.15, 0.2) is 61.3 Å². The van der Waals surface area contributed by atoms with Crippen LogP contribution in [0.2, 0.25) is 0 Å². The van der Waals surface area contributed by atoms with E-state index in [4.69, 9.17) is 0 Å². The SMILES string of the molecule is Cn1cc2c3cc(C(=O)NCC4(n5cncn5)CC4)ccc3n(-c3ccc(C(F)(F)F)cc3)c2n1. The number of carbonyl (C=O) groups excluding carboxylic acids is 1. The van der Waals surface area contributed by atoms with Crippen molar-refractivity contribution in [3.63, 3.8) is 0 Å². The lowest BCUT2D eigenvalue weighted by Gasteiger charge is -2.16. The Morgan fingerprint density at radius 1 is 1.11 bits per heavy atom. The number of halogens is 3. The zero-order valence-electron chi connectivity index (χ0n) is 18.6. The molecule has 5 aromatic rings. The molecule has 11 heteroatoms. The Labute approximate surface area is 197 Å². The smallest absolute Gasteiger partial charge is 0.350 e. The Balaban J connectivity index is 1.35. The van der Waals surface area contributed by atoms with Crippen LogP contribution < -0.4 is 5.32 Å². The lowest BCUT2D eigenvalue weighted by Crippen LogP contribution is -2.35. The van der Waals surface area contributed by atoms with Gasteiger partial charge in [0.15, 0.2) is 5.65 Å². The highest BCUT2D eigenvalue weighted by molar-refractivity contribution is 6.10. The summed E-state index contributed by atoms with van der Waals surface area (Å²) in [4.78, 5) is 17.0. The second kappa shape index (κ2) is 7.42. The fourth-order valence-electron chi connectivity index (χ4n) is 4.53. The molecule has 0 spiro atoms. The first-order valence-corrected chi connectivity index (χ1v) is 11.0. The van der Waals surface area contributed by atoms with Gasteiger partial charge in [-0.05, 0) is 55.3 Å². The van der Waals surface area contributed by atoms with E-state index in [0.29, 0.717) is 23.4 Å². The molecule has 0 aliphatic heterocycles. The number of aryl methyl sites for hydroxylation is 1. The quantitative estimate of drug-likeness (QED) is 0.412. The minimum atomic E-state index is -4.41. The monoisotopic (exact) mass is 479 g/mol. The van der Waals surface area contributed by atoms with Crippen LogP contribution >= 0.6 is 0 Å². The van der Waals surface area contributed by atoms with Gasteiger partial charge in [-0.15, -0.1) is 0 Å². The molecule has 0 unspecified atom stereocenters. The second-order valence-electron chi connectivity index (χ2n) is 8.90. The minimum absolute atomic E-state index is 0.211. The first kappa shape index (κ1) is 21.4. The maximum absolute atomic E-state index is 13.0. The van der Waals surface area contributed by atoms with E-state index in [2.05, 4.69) is 20.5 Å².